The van der Waals surface area contributed by atoms with E-state index in [-0.39, 0.29) is 0 Å². The summed E-state index contributed by atoms with van der Waals surface area (Å²) in [6.07, 6.45) is 0. The zero-order valence-corrected chi connectivity index (χ0v) is 10.3. The normalized spacial score (nSPS) is 10.4. The van der Waals surface area contributed by atoms with Gasteiger partial charge in [0.25, 0.3) is 0 Å². The minimum Gasteiger partial charge on any atom is -0.0843 e. The van der Waals surface area contributed by atoms with E-state index >= 15 is 0 Å². The van der Waals surface area contributed by atoms with Crippen LogP contribution in [0.4, 0.5) is 0 Å². The van der Waals surface area contributed by atoms with Gasteiger partial charge in [0.05, 0.1) is 0 Å². The molecule has 0 aromatic heterocycles. The van der Waals surface area contributed by atoms with Crippen molar-refractivity contribution in [1.29, 1.82) is 0 Å². The topological polar surface area (TPSA) is 0 Å². The second kappa shape index (κ2) is 3.78. The molecule has 0 aliphatic heterocycles. The zero-order chi connectivity index (χ0) is 11.0. The first kappa shape index (κ1) is 11.3. The Labute approximate surface area is 91.6 Å². The van der Waals surface area contributed by atoms with E-state index in [1.54, 1.807) is 0 Å². The van der Waals surface area contributed by atoms with Crippen LogP contribution in [0.3, 0.4) is 0 Å². The minimum atomic E-state index is 0.645. The molecule has 76 valence electrons. The highest BCUT2D eigenvalue weighted by molar-refractivity contribution is 6.48. The van der Waals surface area contributed by atoms with Gasteiger partial charge in [0.1, 0.15) is 0 Å². The lowest BCUT2D eigenvalue weighted by molar-refractivity contribution is 1.16. The number of hydrogen-bond acceptors (Lipinski definition) is 0. The van der Waals surface area contributed by atoms with E-state index in [2.05, 4.69) is 41.2 Å². The average Bonchev–Trinajstić information content (AvgIpc) is 2.11. The summed E-state index contributed by atoms with van der Waals surface area (Å²) in [5.74, 6) is 0. The van der Waals surface area contributed by atoms with Crippen LogP contribution in [-0.2, 0) is 0 Å². The summed E-state index contributed by atoms with van der Waals surface area (Å²) in [7, 11) is 0. The molecule has 0 spiro atoms. The summed E-state index contributed by atoms with van der Waals surface area (Å²) < 4.78 is 0. The highest BCUT2D eigenvalue weighted by Gasteiger charge is 2.12. The van der Waals surface area contributed by atoms with Crippen molar-refractivity contribution >= 4 is 16.6 Å². The standard InChI is InChI=1S/C13H17Cl/c1-7-8(2)10(4)13(12(6)14)11(5)9(7)3/h6H2,1-5H3. The van der Waals surface area contributed by atoms with Gasteiger partial charge in [0, 0.05) is 5.03 Å². The van der Waals surface area contributed by atoms with Gasteiger partial charge in [0.15, 0.2) is 0 Å². The van der Waals surface area contributed by atoms with Crippen molar-refractivity contribution in [3.63, 3.8) is 0 Å². The Morgan fingerprint density at radius 1 is 0.786 bits per heavy atom. The summed E-state index contributed by atoms with van der Waals surface area (Å²) in [6.45, 7) is 14.5. The predicted octanol–water partition coefficient (Wildman–Crippen LogP) is 4.44. The molecule has 0 N–H and O–H groups in total. The second-order valence-corrected chi connectivity index (χ2v) is 4.36. The highest BCUT2D eigenvalue weighted by Crippen LogP contribution is 2.31. The lowest BCUT2D eigenvalue weighted by Gasteiger charge is -2.17. The number of hydrogen-bond donors (Lipinski definition) is 0. The van der Waals surface area contributed by atoms with Crippen molar-refractivity contribution < 1.29 is 0 Å². The van der Waals surface area contributed by atoms with Crippen LogP contribution < -0.4 is 0 Å². The van der Waals surface area contributed by atoms with Crippen LogP contribution in [0.15, 0.2) is 6.58 Å². The third kappa shape index (κ3) is 1.59. The molecule has 1 aromatic rings. The van der Waals surface area contributed by atoms with Gasteiger partial charge in [0.2, 0.25) is 0 Å². The average molecular weight is 209 g/mol. The number of halogens is 1. The first-order valence-corrected chi connectivity index (χ1v) is 5.17. The lowest BCUT2D eigenvalue weighted by Crippen LogP contribution is -2.00. The second-order valence-electron chi connectivity index (χ2n) is 3.90. The molecule has 0 radical (unpaired) electrons. The Morgan fingerprint density at radius 2 is 1.07 bits per heavy atom. The molecule has 0 aliphatic rings. The Morgan fingerprint density at radius 3 is 1.36 bits per heavy atom. The Bertz CT molecular complexity index is 371. The molecule has 0 unspecified atom stereocenters. The first-order chi connectivity index (χ1) is 6.37. The SMILES string of the molecule is C=C(Cl)c1c(C)c(C)c(C)c(C)c1C. The Balaban J connectivity index is 3.68. The van der Waals surface area contributed by atoms with Gasteiger partial charge in [-0.05, 0) is 68.0 Å². The van der Waals surface area contributed by atoms with Crippen molar-refractivity contribution in [3.05, 3.63) is 40.0 Å². The highest BCUT2D eigenvalue weighted by atomic mass is 35.5. The number of benzene rings is 1. The van der Waals surface area contributed by atoms with E-state index in [1.165, 1.54) is 27.8 Å². The predicted molar refractivity (Wildman–Crippen MR) is 65.0 cm³/mol. The summed E-state index contributed by atoms with van der Waals surface area (Å²) >= 11 is 6.02. The van der Waals surface area contributed by atoms with Crippen LogP contribution in [0.5, 0.6) is 0 Å². The van der Waals surface area contributed by atoms with Crippen molar-refractivity contribution in [1.82, 2.24) is 0 Å². The maximum atomic E-state index is 6.02. The fraction of sp³-hybridized carbons (Fsp3) is 0.385. The summed E-state index contributed by atoms with van der Waals surface area (Å²) in [5, 5.41) is 0.645. The van der Waals surface area contributed by atoms with Crippen LogP contribution in [0, 0.1) is 34.6 Å². The van der Waals surface area contributed by atoms with Crippen molar-refractivity contribution in [2.45, 2.75) is 34.6 Å². The molecule has 0 heterocycles. The third-order valence-corrected chi connectivity index (χ3v) is 3.46. The minimum absolute atomic E-state index is 0.645. The van der Waals surface area contributed by atoms with Gasteiger partial charge < -0.3 is 0 Å². The molecule has 1 aromatic carbocycles. The maximum absolute atomic E-state index is 6.02. The van der Waals surface area contributed by atoms with E-state index in [0.29, 0.717) is 5.03 Å². The molecule has 0 saturated heterocycles. The van der Waals surface area contributed by atoms with Crippen LogP contribution in [0.1, 0.15) is 33.4 Å². The molecular formula is C13H17Cl. The van der Waals surface area contributed by atoms with Crippen LogP contribution >= 0.6 is 11.6 Å². The first-order valence-electron chi connectivity index (χ1n) is 4.79. The lowest BCUT2D eigenvalue weighted by atomic mass is 9.89. The largest absolute Gasteiger partial charge is 0.0843 e. The van der Waals surface area contributed by atoms with E-state index in [1.807, 2.05) is 0 Å². The quantitative estimate of drug-likeness (QED) is 0.640. The number of rotatable bonds is 1. The molecule has 0 atom stereocenters. The molecule has 0 fully saturated rings. The van der Waals surface area contributed by atoms with Crippen molar-refractivity contribution in [3.8, 4) is 0 Å². The third-order valence-electron chi connectivity index (χ3n) is 3.27. The molecule has 0 aliphatic carbocycles. The molecule has 14 heavy (non-hydrogen) atoms. The van der Waals surface area contributed by atoms with E-state index in [9.17, 15) is 0 Å². The van der Waals surface area contributed by atoms with Crippen LogP contribution in [0.25, 0.3) is 5.03 Å². The van der Waals surface area contributed by atoms with Gasteiger partial charge >= 0.3 is 0 Å². The molecule has 1 rings (SSSR count). The summed E-state index contributed by atoms with van der Waals surface area (Å²) in [4.78, 5) is 0. The van der Waals surface area contributed by atoms with Gasteiger partial charge in [-0.2, -0.15) is 0 Å². The Kier molecular flexibility index (Phi) is 3.06. The molecular weight excluding hydrogens is 192 g/mol. The molecule has 0 nitrogen and oxygen atoms in total. The van der Waals surface area contributed by atoms with Gasteiger partial charge in [-0.1, -0.05) is 18.2 Å². The fourth-order valence-corrected chi connectivity index (χ4v) is 2.19. The van der Waals surface area contributed by atoms with Crippen LogP contribution in [0.2, 0.25) is 0 Å². The molecule has 0 saturated carbocycles. The van der Waals surface area contributed by atoms with Gasteiger partial charge in [-0.15, -0.1) is 0 Å². The molecule has 0 amide bonds. The van der Waals surface area contributed by atoms with Crippen LogP contribution in [-0.4, -0.2) is 0 Å². The maximum Gasteiger partial charge on any atom is 0.0412 e. The fourth-order valence-electron chi connectivity index (χ4n) is 1.91. The van der Waals surface area contributed by atoms with Crippen molar-refractivity contribution in [2.24, 2.45) is 0 Å². The smallest absolute Gasteiger partial charge is 0.0412 e. The monoisotopic (exact) mass is 208 g/mol. The summed E-state index contributed by atoms with van der Waals surface area (Å²) in [5.41, 5.74) is 7.64. The zero-order valence-electron chi connectivity index (χ0n) is 9.59. The molecule has 0 bridgehead atoms. The van der Waals surface area contributed by atoms with Gasteiger partial charge in [-0.3, -0.25) is 0 Å². The summed E-state index contributed by atoms with van der Waals surface area (Å²) in [6, 6.07) is 0. The Hall–Kier alpha value is -0.750. The van der Waals surface area contributed by atoms with E-state index in [4.69, 9.17) is 11.6 Å². The van der Waals surface area contributed by atoms with Gasteiger partial charge in [-0.25, -0.2) is 0 Å². The van der Waals surface area contributed by atoms with E-state index < -0.39 is 0 Å². The van der Waals surface area contributed by atoms with E-state index in [0.717, 1.165) is 5.56 Å². The van der Waals surface area contributed by atoms with Crippen molar-refractivity contribution in [2.75, 3.05) is 0 Å². The molecule has 1 heteroatoms.